The molecule has 1 saturated carbocycles. The molecule has 0 aromatic carbocycles. The van der Waals surface area contributed by atoms with Gasteiger partial charge in [-0.1, -0.05) is 12.8 Å². The molecule has 0 unspecified atom stereocenters. The molecular formula is C14H26N2O2. The van der Waals surface area contributed by atoms with E-state index in [1.807, 2.05) is 0 Å². The molecule has 104 valence electrons. The highest BCUT2D eigenvalue weighted by Gasteiger charge is 2.30. The van der Waals surface area contributed by atoms with Crippen LogP contribution >= 0.6 is 0 Å². The molecule has 1 saturated heterocycles. The van der Waals surface area contributed by atoms with Crippen molar-refractivity contribution < 1.29 is 9.53 Å². The van der Waals surface area contributed by atoms with Gasteiger partial charge in [0.15, 0.2) is 0 Å². The van der Waals surface area contributed by atoms with E-state index >= 15 is 0 Å². The van der Waals surface area contributed by atoms with Gasteiger partial charge in [0, 0.05) is 31.1 Å². The Kier molecular flexibility index (Phi) is 4.62. The zero-order valence-corrected chi connectivity index (χ0v) is 11.7. The summed E-state index contributed by atoms with van der Waals surface area (Å²) >= 11 is 0. The largest absolute Gasteiger partial charge is 0.379 e. The molecule has 2 aliphatic rings. The number of amides is 1. The molecule has 2 fully saturated rings. The van der Waals surface area contributed by atoms with Crippen LogP contribution in [0, 0.1) is 5.92 Å². The minimum atomic E-state index is 0.0258. The Morgan fingerprint density at radius 3 is 2.50 bits per heavy atom. The lowest BCUT2D eigenvalue weighted by molar-refractivity contribution is -0.125. The maximum absolute atomic E-state index is 12.0. The van der Waals surface area contributed by atoms with Gasteiger partial charge in [-0.2, -0.15) is 0 Å². The summed E-state index contributed by atoms with van der Waals surface area (Å²) in [5.74, 6) is 0.527. The molecule has 1 amide bonds. The molecular weight excluding hydrogens is 228 g/mol. The van der Waals surface area contributed by atoms with E-state index in [0.29, 0.717) is 0 Å². The highest BCUT2D eigenvalue weighted by Crippen LogP contribution is 2.25. The van der Waals surface area contributed by atoms with Gasteiger partial charge in [0.05, 0.1) is 13.2 Å². The van der Waals surface area contributed by atoms with E-state index in [0.717, 1.165) is 45.7 Å². The van der Waals surface area contributed by atoms with Crippen LogP contribution in [0.2, 0.25) is 0 Å². The second kappa shape index (κ2) is 6.02. The van der Waals surface area contributed by atoms with Crippen molar-refractivity contribution in [3.63, 3.8) is 0 Å². The van der Waals surface area contributed by atoms with Gasteiger partial charge < -0.3 is 10.1 Å². The summed E-state index contributed by atoms with van der Waals surface area (Å²) in [6.45, 7) is 8.68. The van der Waals surface area contributed by atoms with Crippen LogP contribution in [0.1, 0.15) is 39.5 Å². The van der Waals surface area contributed by atoms with Crippen molar-refractivity contribution in [3.05, 3.63) is 0 Å². The Morgan fingerprint density at radius 1 is 1.28 bits per heavy atom. The SMILES string of the molecule is CC(C)(CNC(=O)C1CCCC1)N1CCOCC1. The normalized spacial score (nSPS) is 23.2. The predicted molar refractivity (Wildman–Crippen MR) is 71.4 cm³/mol. The van der Waals surface area contributed by atoms with E-state index < -0.39 is 0 Å². The van der Waals surface area contributed by atoms with E-state index in [2.05, 4.69) is 24.1 Å². The van der Waals surface area contributed by atoms with Crippen molar-refractivity contribution in [1.82, 2.24) is 10.2 Å². The molecule has 1 aliphatic heterocycles. The van der Waals surface area contributed by atoms with E-state index in [9.17, 15) is 4.79 Å². The van der Waals surface area contributed by atoms with Crippen molar-refractivity contribution in [2.75, 3.05) is 32.8 Å². The summed E-state index contributed by atoms with van der Waals surface area (Å²) in [6.07, 6.45) is 4.57. The van der Waals surface area contributed by atoms with Gasteiger partial charge >= 0.3 is 0 Å². The number of morpholine rings is 1. The summed E-state index contributed by atoms with van der Waals surface area (Å²) < 4.78 is 5.37. The third-order valence-corrected chi connectivity index (χ3v) is 4.29. The lowest BCUT2D eigenvalue weighted by Crippen LogP contribution is -2.55. The average Bonchev–Trinajstić information content (AvgIpc) is 2.91. The van der Waals surface area contributed by atoms with Gasteiger partial charge in [0.2, 0.25) is 5.91 Å². The van der Waals surface area contributed by atoms with Gasteiger partial charge in [-0.25, -0.2) is 0 Å². The summed E-state index contributed by atoms with van der Waals surface area (Å²) in [7, 11) is 0. The fourth-order valence-electron chi connectivity index (χ4n) is 2.92. The molecule has 0 aromatic rings. The first kappa shape index (κ1) is 13.8. The fraction of sp³-hybridized carbons (Fsp3) is 0.929. The van der Waals surface area contributed by atoms with Crippen LogP contribution in [0.15, 0.2) is 0 Å². The smallest absolute Gasteiger partial charge is 0.223 e. The number of carbonyl (C=O) groups is 1. The quantitative estimate of drug-likeness (QED) is 0.824. The van der Waals surface area contributed by atoms with Crippen LogP contribution < -0.4 is 5.32 Å². The average molecular weight is 254 g/mol. The van der Waals surface area contributed by atoms with Crippen LogP contribution in [0.5, 0.6) is 0 Å². The van der Waals surface area contributed by atoms with E-state index in [1.54, 1.807) is 0 Å². The van der Waals surface area contributed by atoms with E-state index in [-0.39, 0.29) is 17.4 Å². The number of ether oxygens (including phenoxy) is 1. The van der Waals surface area contributed by atoms with Crippen LogP contribution in [-0.4, -0.2) is 49.2 Å². The molecule has 1 heterocycles. The molecule has 0 aromatic heterocycles. The molecule has 18 heavy (non-hydrogen) atoms. The first-order valence-electron chi connectivity index (χ1n) is 7.20. The van der Waals surface area contributed by atoms with Crippen molar-refractivity contribution in [1.29, 1.82) is 0 Å². The lowest BCUT2D eigenvalue weighted by atomic mass is 10.0. The minimum Gasteiger partial charge on any atom is -0.379 e. The minimum absolute atomic E-state index is 0.0258. The highest BCUT2D eigenvalue weighted by molar-refractivity contribution is 5.78. The summed E-state index contributed by atoms with van der Waals surface area (Å²) in [4.78, 5) is 14.4. The molecule has 4 nitrogen and oxygen atoms in total. The molecule has 2 rings (SSSR count). The Bertz CT molecular complexity index is 280. The zero-order valence-electron chi connectivity index (χ0n) is 11.7. The standard InChI is InChI=1S/C14H26N2O2/c1-14(2,16-7-9-18-10-8-16)11-15-13(17)12-5-3-4-6-12/h12H,3-11H2,1-2H3,(H,15,17). The van der Waals surface area contributed by atoms with Crippen LogP contribution in [0.3, 0.4) is 0 Å². The third-order valence-electron chi connectivity index (χ3n) is 4.29. The number of nitrogens with zero attached hydrogens (tertiary/aromatic N) is 1. The Labute approximate surface area is 110 Å². The maximum Gasteiger partial charge on any atom is 0.223 e. The van der Waals surface area contributed by atoms with Crippen LogP contribution in [0.25, 0.3) is 0 Å². The molecule has 1 N–H and O–H groups in total. The monoisotopic (exact) mass is 254 g/mol. The molecule has 0 bridgehead atoms. The highest BCUT2D eigenvalue weighted by atomic mass is 16.5. The van der Waals surface area contributed by atoms with E-state index in [4.69, 9.17) is 4.74 Å². The second-order valence-corrected chi connectivity index (χ2v) is 6.11. The maximum atomic E-state index is 12.0. The van der Waals surface area contributed by atoms with Crippen molar-refractivity contribution >= 4 is 5.91 Å². The Balaban J connectivity index is 1.78. The van der Waals surface area contributed by atoms with Crippen molar-refractivity contribution in [2.24, 2.45) is 5.92 Å². The van der Waals surface area contributed by atoms with E-state index in [1.165, 1.54) is 12.8 Å². The number of rotatable bonds is 4. The molecule has 1 aliphatic carbocycles. The second-order valence-electron chi connectivity index (χ2n) is 6.11. The molecule has 0 radical (unpaired) electrons. The number of nitrogens with one attached hydrogen (secondary N) is 1. The van der Waals surface area contributed by atoms with Gasteiger partial charge in [-0.05, 0) is 26.7 Å². The van der Waals surface area contributed by atoms with Crippen LogP contribution in [0.4, 0.5) is 0 Å². The zero-order chi connectivity index (χ0) is 13.0. The first-order valence-corrected chi connectivity index (χ1v) is 7.20. The van der Waals surface area contributed by atoms with Crippen LogP contribution in [-0.2, 0) is 9.53 Å². The van der Waals surface area contributed by atoms with Crippen molar-refractivity contribution in [2.45, 2.75) is 45.1 Å². The predicted octanol–water partition coefficient (Wildman–Crippen LogP) is 1.40. The molecule has 4 heteroatoms. The van der Waals surface area contributed by atoms with Crippen molar-refractivity contribution in [3.8, 4) is 0 Å². The fourth-order valence-corrected chi connectivity index (χ4v) is 2.92. The van der Waals surface area contributed by atoms with Gasteiger partial charge in [-0.15, -0.1) is 0 Å². The Hall–Kier alpha value is -0.610. The summed E-state index contributed by atoms with van der Waals surface area (Å²) in [5, 5.41) is 3.14. The lowest BCUT2D eigenvalue weighted by Gasteiger charge is -2.41. The first-order chi connectivity index (χ1) is 8.59. The van der Waals surface area contributed by atoms with Gasteiger partial charge in [0.1, 0.15) is 0 Å². The summed E-state index contributed by atoms with van der Waals surface area (Å²) in [6, 6.07) is 0. The Morgan fingerprint density at radius 2 is 1.89 bits per heavy atom. The number of carbonyl (C=O) groups excluding carboxylic acids is 1. The third kappa shape index (κ3) is 3.45. The summed E-state index contributed by atoms with van der Waals surface area (Å²) in [5.41, 5.74) is 0.0258. The number of hydrogen-bond acceptors (Lipinski definition) is 3. The topological polar surface area (TPSA) is 41.6 Å². The van der Waals surface area contributed by atoms with Gasteiger partial charge in [-0.3, -0.25) is 9.69 Å². The van der Waals surface area contributed by atoms with Gasteiger partial charge in [0.25, 0.3) is 0 Å². The molecule has 0 spiro atoms. The molecule has 0 atom stereocenters. The number of hydrogen-bond donors (Lipinski definition) is 1.